The molecule has 0 fully saturated rings. The van der Waals surface area contributed by atoms with Gasteiger partial charge in [-0.25, -0.2) is 0 Å². The zero-order valence-corrected chi connectivity index (χ0v) is 19.3. The number of nitrogens with one attached hydrogen (secondary N) is 1. The average molecular weight is 410 g/mol. The Balaban J connectivity index is 1.74. The van der Waals surface area contributed by atoms with Gasteiger partial charge in [0, 0.05) is 12.0 Å². The van der Waals surface area contributed by atoms with Crippen molar-refractivity contribution in [3.63, 3.8) is 0 Å². The molecule has 0 saturated heterocycles. The van der Waals surface area contributed by atoms with Crippen molar-refractivity contribution in [3.8, 4) is 11.5 Å². The zero-order valence-electron chi connectivity index (χ0n) is 19.3. The van der Waals surface area contributed by atoms with E-state index in [1.807, 2.05) is 31.2 Å². The van der Waals surface area contributed by atoms with E-state index in [1.54, 1.807) is 0 Å². The van der Waals surface area contributed by atoms with Crippen LogP contribution in [0.2, 0.25) is 0 Å². The van der Waals surface area contributed by atoms with Gasteiger partial charge in [0.25, 0.3) is 5.91 Å². The fourth-order valence-electron chi connectivity index (χ4n) is 3.89. The molecule has 2 aromatic carbocycles. The zero-order chi connectivity index (χ0) is 22.1. The van der Waals surface area contributed by atoms with E-state index in [1.165, 1.54) is 5.56 Å². The number of aryl methyl sites for hydroxylation is 1. The Bertz CT molecular complexity index is 893. The topological polar surface area (TPSA) is 47.6 Å². The number of hydrogen-bond donors (Lipinski definition) is 1. The quantitative estimate of drug-likeness (QED) is 0.672. The first-order valence-electron chi connectivity index (χ1n) is 10.9. The molecule has 2 atom stereocenters. The van der Waals surface area contributed by atoms with Gasteiger partial charge in [-0.2, -0.15) is 0 Å². The van der Waals surface area contributed by atoms with Crippen LogP contribution in [0.25, 0.3) is 0 Å². The first-order chi connectivity index (χ1) is 14.0. The van der Waals surface area contributed by atoms with Crippen LogP contribution in [0.4, 0.5) is 0 Å². The summed E-state index contributed by atoms with van der Waals surface area (Å²) < 4.78 is 12.2. The molecule has 0 saturated carbocycles. The second-order valence-electron chi connectivity index (χ2n) is 9.96. The van der Waals surface area contributed by atoms with Crippen molar-refractivity contribution < 1.29 is 14.3 Å². The number of carbonyl (C=O) groups excluding carboxylic acids is 1. The van der Waals surface area contributed by atoms with Crippen molar-refractivity contribution in [2.75, 3.05) is 0 Å². The summed E-state index contributed by atoms with van der Waals surface area (Å²) in [5, 5.41) is 3.22. The molecule has 30 heavy (non-hydrogen) atoms. The molecule has 0 aliphatic carbocycles. The van der Waals surface area contributed by atoms with E-state index in [0.29, 0.717) is 18.6 Å². The van der Waals surface area contributed by atoms with E-state index in [2.05, 4.69) is 65.1 Å². The lowest BCUT2D eigenvalue weighted by Crippen LogP contribution is -2.45. The van der Waals surface area contributed by atoms with Crippen molar-refractivity contribution in [1.29, 1.82) is 0 Å². The summed E-state index contributed by atoms with van der Waals surface area (Å²) in [6.45, 7) is 14.7. The monoisotopic (exact) mass is 409 g/mol. The second-order valence-corrected chi connectivity index (χ2v) is 9.96. The largest absolute Gasteiger partial charge is 0.487 e. The van der Waals surface area contributed by atoms with Crippen molar-refractivity contribution in [3.05, 3.63) is 59.2 Å². The molecule has 162 valence electrons. The van der Waals surface area contributed by atoms with Crippen LogP contribution in [-0.2, 0) is 10.2 Å². The summed E-state index contributed by atoms with van der Waals surface area (Å²) in [5.74, 6) is 1.47. The third kappa shape index (κ3) is 5.16. The Morgan fingerprint density at radius 3 is 2.47 bits per heavy atom. The molecule has 1 aliphatic heterocycles. The van der Waals surface area contributed by atoms with Crippen LogP contribution >= 0.6 is 0 Å². The van der Waals surface area contributed by atoms with E-state index in [4.69, 9.17) is 9.47 Å². The highest BCUT2D eigenvalue weighted by atomic mass is 16.5. The summed E-state index contributed by atoms with van der Waals surface area (Å²) in [7, 11) is 0. The Kier molecular flexibility index (Phi) is 6.16. The molecule has 0 aromatic heterocycles. The highest BCUT2D eigenvalue weighted by Crippen LogP contribution is 2.40. The minimum atomic E-state index is -0.537. The third-order valence-corrected chi connectivity index (χ3v) is 5.60. The highest BCUT2D eigenvalue weighted by Gasteiger charge is 2.35. The van der Waals surface area contributed by atoms with Crippen LogP contribution in [0.1, 0.15) is 77.1 Å². The first-order valence-corrected chi connectivity index (χ1v) is 10.9. The summed E-state index contributed by atoms with van der Waals surface area (Å²) in [5.41, 5.74) is 3.17. The maximum absolute atomic E-state index is 13.1. The van der Waals surface area contributed by atoms with Crippen LogP contribution in [0.3, 0.4) is 0 Å². The van der Waals surface area contributed by atoms with Gasteiger partial charge in [0.15, 0.2) is 6.10 Å². The maximum Gasteiger partial charge on any atom is 0.261 e. The van der Waals surface area contributed by atoms with Gasteiger partial charge < -0.3 is 14.8 Å². The summed E-state index contributed by atoms with van der Waals surface area (Å²) >= 11 is 0. The number of benzene rings is 2. The molecule has 0 bridgehead atoms. The molecule has 0 radical (unpaired) electrons. The summed E-state index contributed by atoms with van der Waals surface area (Å²) in [6.07, 6.45) is 0.774. The molecule has 0 spiro atoms. The molecular weight excluding hydrogens is 374 g/mol. The van der Waals surface area contributed by atoms with Crippen LogP contribution in [-0.4, -0.2) is 17.6 Å². The molecule has 0 unspecified atom stereocenters. The van der Waals surface area contributed by atoms with Gasteiger partial charge in [-0.3, -0.25) is 4.79 Å². The number of carbonyl (C=O) groups is 1. The molecular formula is C26H35NO3. The van der Waals surface area contributed by atoms with Crippen molar-refractivity contribution >= 4 is 5.91 Å². The van der Waals surface area contributed by atoms with Gasteiger partial charge in [0.2, 0.25) is 0 Å². The van der Waals surface area contributed by atoms with Gasteiger partial charge in [0.05, 0.1) is 6.04 Å². The Hall–Kier alpha value is -2.49. The standard InChI is InChI=1S/C26H35NO3/c1-8-22(29-19-12-10-18(11-13-19)25(3,4)5)24(28)27-21-16-26(6,7)30-23-14-9-17(2)15-20(21)23/h9-15,21-22H,8,16H2,1-7H3,(H,27,28)/t21-,22+/m0/s1. The molecule has 4 nitrogen and oxygen atoms in total. The van der Waals surface area contributed by atoms with Gasteiger partial charge in [-0.15, -0.1) is 0 Å². The Labute approximate surface area is 181 Å². The van der Waals surface area contributed by atoms with Crippen molar-refractivity contribution in [2.24, 2.45) is 0 Å². The highest BCUT2D eigenvalue weighted by molar-refractivity contribution is 5.81. The molecule has 4 heteroatoms. The predicted octanol–water partition coefficient (Wildman–Crippen LogP) is 5.87. The van der Waals surface area contributed by atoms with Gasteiger partial charge in [0.1, 0.15) is 17.1 Å². The van der Waals surface area contributed by atoms with Crippen molar-refractivity contribution in [2.45, 2.75) is 84.5 Å². The molecule has 1 aliphatic rings. The number of ether oxygens (including phenoxy) is 2. The third-order valence-electron chi connectivity index (χ3n) is 5.60. The average Bonchev–Trinajstić information content (AvgIpc) is 2.65. The normalized spacial score (nSPS) is 18.7. The van der Waals surface area contributed by atoms with E-state index in [-0.39, 0.29) is 23.0 Å². The summed E-state index contributed by atoms with van der Waals surface area (Å²) in [6, 6.07) is 14.1. The van der Waals surface area contributed by atoms with Crippen LogP contribution in [0.15, 0.2) is 42.5 Å². The van der Waals surface area contributed by atoms with E-state index >= 15 is 0 Å². The van der Waals surface area contributed by atoms with E-state index in [9.17, 15) is 4.79 Å². The molecule has 1 heterocycles. The second kappa shape index (κ2) is 8.33. The number of fused-ring (bicyclic) bond motifs is 1. The maximum atomic E-state index is 13.1. The van der Waals surface area contributed by atoms with Crippen molar-refractivity contribution in [1.82, 2.24) is 5.32 Å². The molecule has 3 rings (SSSR count). The van der Waals surface area contributed by atoms with E-state index in [0.717, 1.165) is 16.9 Å². The van der Waals surface area contributed by atoms with Gasteiger partial charge in [-0.1, -0.05) is 57.5 Å². The van der Waals surface area contributed by atoms with Gasteiger partial charge >= 0.3 is 0 Å². The molecule has 2 aromatic rings. The first kappa shape index (κ1) is 22.2. The Morgan fingerprint density at radius 1 is 1.20 bits per heavy atom. The SMILES string of the molecule is CC[C@@H](Oc1ccc(C(C)(C)C)cc1)C(=O)N[C@H]1CC(C)(C)Oc2ccc(C)cc21. The number of hydrogen-bond acceptors (Lipinski definition) is 3. The van der Waals surface area contributed by atoms with Gasteiger partial charge in [-0.05, 0) is 56.4 Å². The smallest absolute Gasteiger partial charge is 0.261 e. The Morgan fingerprint density at radius 2 is 1.87 bits per heavy atom. The summed E-state index contributed by atoms with van der Waals surface area (Å²) in [4.78, 5) is 13.1. The number of amides is 1. The fourth-order valence-corrected chi connectivity index (χ4v) is 3.89. The van der Waals surface area contributed by atoms with Crippen LogP contribution in [0, 0.1) is 6.92 Å². The van der Waals surface area contributed by atoms with Crippen LogP contribution in [0.5, 0.6) is 11.5 Å². The number of rotatable bonds is 5. The molecule has 1 N–H and O–H groups in total. The molecule has 1 amide bonds. The predicted molar refractivity (Wildman–Crippen MR) is 121 cm³/mol. The van der Waals surface area contributed by atoms with E-state index < -0.39 is 6.10 Å². The lowest BCUT2D eigenvalue weighted by molar-refractivity contribution is -0.129. The minimum absolute atomic E-state index is 0.0848. The lowest BCUT2D eigenvalue weighted by atomic mass is 9.87. The lowest BCUT2D eigenvalue weighted by Gasteiger charge is -2.38. The fraction of sp³-hybridized carbons (Fsp3) is 0.500. The minimum Gasteiger partial charge on any atom is -0.487 e. The van der Waals surface area contributed by atoms with Crippen LogP contribution < -0.4 is 14.8 Å².